The molecule has 88 valence electrons. The van der Waals surface area contributed by atoms with Gasteiger partial charge in [-0.25, -0.2) is 4.79 Å². The molecule has 1 atom stereocenters. The SMILES string of the molecule is O=C(O)C1CCCC(=O)N1C(=O)C1CCC1. The van der Waals surface area contributed by atoms with Crippen LogP contribution in [0.15, 0.2) is 0 Å². The topological polar surface area (TPSA) is 74.7 Å². The van der Waals surface area contributed by atoms with Crippen molar-refractivity contribution in [3.63, 3.8) is 0 Å². The van der Waals surface area contributed by atoms with E-state index < -0.39 is 12.0 Å². The van der Waals surface area contributed by atoms with Crippen molar-refractivity contribution in [2.75, 3.05) is 0 Å². The van der Waals surface area contributed by atoms with Crippen LogP contribution in [0.1, 0.15) is 38.5 Å². The summed E-state index contributed by atoms with van der Waals surface area (Å²) < 4.78 is 0. The fraction of sp³-hybridized carbons (Fsp3) is 0.727. The van der Waals surface area contributed by atoms with Gasteiger partial charge in [0, 0.05) is 12.3 Å². The summed E-state index contributed by atoms with van der Waals surface area (Å²) in [6.07, 6.45) is 3.81. The number of carbonyl (C=O) groups is 3. The Morgan fingerprint density at radius 1 is 1.19 bits per heavy atom. The number of nitrogens with zero attached hydrogens (tertiary/aromatic N) is 1. The lowest BCUT2D eigenvalue weighted by Gasteiger charge is -2.36. The minimum absolute atomic E-state index is 0.121. The highest BCUT2D eigenvalue weighted by molar-refractivity contribution is 6.01. The fourth-order valence-electron chi connectivity index (χ4n) is 2.23. The Bertz CT molecular complexity index is 335. The molecule has 1 unspecified atom stereocenters. The van der Waals surface area contributed by atoms with Crippen LogP contribution in [0, 0.1) is 5.92 Å². The molecule has 1 aliphatic heterocycles. The minimum atomic E-state index is -1.07. The molecule has 1 aliphatic carbocycles. The van der Waals surface area contributed by atoms with Crippen molar-refractivity contribution < 1.29 is 19.5 Å². The van der Waals surface area contributed by atoms with Crippen LogP contribution in [0.5, 0.6) is 0 Å². The molecule has 2 aliphatic rings. The number of hydrogen-bond acceptors (Lipinski definition) is 3. The number of carboxylic acid groups (broad SMARTS) is 1. The lowest BCUT2D eigenvalue weighted by atomic mass is 9.83. The van der Waals surface area contributed by atoms with Crippen LogP contribution in [0.4, 0.5) is 0 Å². The molecule has 2 amide bonds. The molecule has 0 aromatic heterocycles. The van der Waals surface area contributed by atoms with Crippen LogP contribution in [-0.2, 0) is 14.4 Å². The van der Waals surface area contributed by atoms with Crippen LogP contribution in [-0.4, -0.2) is 33.8 Å². The Labute approximate surface area is 93.4 Å². The standard InChI is InChI=1S/C11H15NO4/c13-9-6-2-5-8(11(15)16)12(9)10(14)7-3-1-4-7/h7-8H,1-6H2,(H,15,16). The van der Waals surface area contributed by atoms with E-state index in [0.717, 1.165) is 24.2 Å². The van der Waals surface area contributed by atoms with Crippen LogP contribution in [0.25, 0.3) is 0 Å². The normalized spacial score (nSPS) is 26.4. The number of carboxylic acids is 1. The van der Waals surface area contributed by atoms with E-state index in [2.05, 4.69) is 0 Å². The Morgan fingerprint density at radius 2 is 1.88 bits per heavy atom. The van der Waals surface area contributed by atoms with Gasteiger partial charge in [-0.15, -0.1) is 0 Å². The third-order valence-corrected chi connectivity index (χ3v) is 3.43. The second kappa shape index (κ2) is 4.23. The van der Waals surface area contributed by atoms with Crippen molar-refractivity contribution in [1.29, 1.82) is 0 Å². The van der Waals surface area contributed by atoms with Crippen molar-refractivity contribution in [2.24, 2.45) is 5.92 Å². The second-order valence-corrected chi connectivity index (χ2v) is 4.48. The summed E-state index contributed by atoms with van der Waals surface area (Å²) in [5.74, 6) is -1.79. The first-order chi connectivity index (χ1) is 7.61. The van der Waals surface area contributed by atoms with Gasteiger partial charge in [-0.1, -0.05) is 6.42 Å². The third-order valence-electron chi connectivity index (χ3n) is 3.43. The number of imide groups is 1. The molecule has 5 heteroatoms. The number of likely N-dealkylation sites (tertiary alicyclic amines) is 1. The smallest absolute Gasteiger partial charge is 0.326 e. The molecule has 16 heavy (non-hydrogen) atoms. The Morgan fingerprint density at radius 3 is 2.38 bits per heavy atom. The zero-order valence-corrected chi connectivity index (χ0v) is 9.02. The van der Waals surface area contributed by atoms with Gasteiger partial charge in [-0.2, -0.15) is 0 Å². The van der Waals surface area contributed by atoms with Crippen molar-refractivity contribution in [3.05, 3.63) is 0 Å². The predicted molar refractivity (Wildman–Crippen MR) is 54.5 cm³/mol. The van der Waals surface area contributed by atoms with Gasteiger partial charge in [0.1, 0.15) is 6.04 Å². The molecule has 1 heterocycles. The van der Waals surface area contributed by atoms with E-state index >= 15 is 0 Å². The molecule has 0 aromatic carbocycles. The first kappa shape index (κ1) is 11.1. The summed E-state index contributed by atoms with van der Waals surface area (Å²) in [7, 11) is 0. The number of piperidine rings is 1. The molecular formula is C11H15NO4. The lowest BCUT2D eigenvalue weighted by Crippen LogP contribution is -2.53. The molecular weight excluding hydrogens is 210 g/mol. The van der Waals surface area contributed by atoms with Crippen LogP contribution < -0.4 is 0 Å². The molecule has 1 N–H and O–H groups in total. The zero-order valence-electron chi connectivity index (χ0n) is 9.02. The Balaban J connectivity index is 2.15. The molecule has 2 fully saturated rings. The van der Waals surface area contributed by atoms with Gasteiger partial charge in [0.05, 0.1) is 0 Å². The number of aliphatic carboxylic acids is 1. The summed E-state index contributed by atoms with van der Waals surface area (Å²) in [6, 6.07) is -0.936. The van der Waals surface area contributed by atoms with Gasteiger partial charge in [-0.3, -0.25) is 14.5 Å². The summed E-state index contributed by atoms with van der Waals surface area (Å²) in [4.78, 5) is 35.6. The van der Waals surface area contributed by atoms with E-state index in [4.69, 9.17) is 5.11 Å². The summed E-state index contributed by atoms with van der Waals surface area (Å²) in [6.45, 7) is 0. The van der Waals surface area contributed by atoms with E-state index in [9.17, 15) is 14.4 Å². The molecule has 1 saturated heterocycles. The molecule has 0 aromatic rings. The van der Waals surface area contributed by atoms with Crippen LogP contribution >= 0.6 is 0 Å². The van der Waals surface area contributed by atoms with E-state index in [1.165, 1.54) is 0 Å². The van der Waals surface area contributed by atoms with E-state index in [1.807, 2.05) is 0 Å². The molecule has 0 radical (unpaired) electrons. The van der Waals surface area contributed by atoms with Gasteiger partial charge >= 0.3 is 5.97 Å². The monoisotopic (exact) mass is 225 g/mol. The molecule has 0 bridgehead atoms. The summed E-state index contributed by atoms with van der Waals surface area (Å²) in [5, 5.41) is 9.00. The largest absolute Gasteiger partial charge is 0.480 e. The van der Waals surface area contributed by atoms with E-state index in [-0.39, 0.29) is 17.7 Å². The molecule has 5 nitrogen and oxygen atoms in total. The highest BCUT2D eigenvalue weighted by Gasteiger charge is 2.41. The second-order valence-electron chi connectivity index (χ2n) is 4.48. The van der Waals surface area contributed by atoms with Gasteiger partial charge in [-0.05, 0) is 25.7 Å². The highest BCUT2D eigenvalue weighted by atomic mass is 16.4. The quantitative estimate of drug-likeness (QED) is 0.705. The zero-order chi connectivity index (χ0) is 11.7. The van der Waals surface area contributed by atoms with Gasteiger partial charge < -0.3 is 5.11 Å². The first-order valence-corrected chi connectivity index (χ1v) is 5.70. The maximum absolute atomic E-state index is 11.9. The number of carbonyl (C=O) groups excluding carboxylic acids is 2. The third kappa shape index (κ3) is 1.81. The number of amides is 2. The number of hydrogen-bond donors (Lipinski definition) is 1. The van der Waals surface area contributed by atoms with Crippen molar-refractivity contribution >= 4 is 17.8 Å². The number of rotatable bonds is 2. The van der Waals surface area contributed by atoms with E-state index in [0.29, 0.717) is 19.3 Å². The van der Waals surface area contributed by atoms with Crippen LogP contribution in [0.2, 0.25) is 0 Å². The van der Waals surface area contributed by atoms with Crippen molar-refractivity contribution in [1.82, 2.24) is 4.90 Å². The molecule has 0 spiro atoms. The lowest BCUT2D eigenvalue weighted by molar-refractivity contribution is -0.163. The first-order valence-electron chi connectivity index (χ1n) is 5.70. The minimum Gasteiger partial charge on any atom is -0.480 e. The Kier molecular flexibility index (Phi) is 2.94. The van der Waals surface area contributed by atoms with Crippen LogP contribution in [0.3, 0.4) is 0 Å². The maximum atomic E-state index is 11.9. The van der Waals surface area contributed by atoms with Crippen molar-refractivity contribution in [3.8, 4) is 0 Å². The van der Waals surface area contributed by atoms with E-state index in [1.54, 1.807) is 0 Å². The summed E-state index contributed by atoms with van der Waals surface area (Å²) in [5.41, 5.74) is 0. The van der Waals surface area contributed by atoms with Gasteiger partial charge in [0.15, 0.2) is 0 Å². The van der Waals surface area contributed by atoms with Gasteiger partial charge in [0.2, 0.25) is 11.8 Å². The van der Waals surface area contributed by atoms with Crippen molar-refractivity contribution in [2.45, 2.75) is 44.6 Å². The predicted octanol–water partition coefficient (Wildman–Crippen LogP) is 0.779. The average Bonchev–Trinajstić information content (AvgIpc) is 2.14. The molecule has 1 saturated carbocycles. The maximum Gasteiger partial charge on any atom is 0.326 e. The Hall–Kier alpha value is -1.39. The average molecular weight is 225 g/mol. The highest BCUT2D eigenvalue weighted by Crippen LogP contribution is 2.31. The summed E-state index contributed by atoms with van der Waals surface area (Å²) >= 11 is 0. The fourth-order valence-corrected chi connectivity index (χ4v) is 2.23. The van der Waals surface area contributed by atoms with Gasteiger partial charge in [0.25, 0.3) is 0 Å². The molecule has 2 rings (SSSR count).